The summed E-state index contributed by atoms with van der Waals surface area (Å²) in [7, 11) is 6.06. The van der Waals surface area contributed by atoms with Crippen LogP contribution in [0.1, 0.15) is 13.8 Å². The second-order valence-electron chi connectivity index (χ2n) is 6.04. The molecule has 6 nitrogen and oxygen atoms in total. The van der Waals surface area contributed by atoms with Gasteiger partial charge >= 0.3 is 0 Å². The lowest BCUT2D eigenvalue weighted by molar-refractivity contribution is -0.0670. The van der Waals surface area contributed by atoms with Gasteiger partial charge in [0.05, 0.1) is 12.2 Å². The number of rotatable bonds is 5. The van der Waals surface area contributed by atoms with Crippen molar-refractivity contribution in [2.24, 2.45) is 0 Å². The molecule has 1 fully saturated rings. The van der Waals surface area contributed by atoms with Gasteiger partial charge < -0.3 is 14.5 Å². The van der Waals surface area contributed by atoms with Gasteiger partial charge in [0.2, 0.25) is 0 Å². The van der Waals surface area contributed by atoms with E-state index in [0.29, 0.717) is 12.2 Å². The van der Waals surface area contributed by atoms with E-state index < -0.39 is 0 Å². The van der Waals surface area contributed by atoms with Crippen LogP contribution in [0.2, 0.25) is 0 Å². The van der Waals surface area contributed by atoms with Crippen LogP contribution in [0.3, 0.4) is 0 Å². The van der Waals surface area contributed by atoms with Crippen molar-refractivity contribution >= 4 is 11.6 Å². The summed E-state index contributed by atoms with van der Waals surface area (Å²) in [4.78, 5) is 15.5. The summed E-state index contributed by atoms with van der Waals surface area (Å²) in [5, 5.41) is 0. The van der Waals surface area contributed by atoms with E-state index >= 15 is 0 Å². The Balaban J connectivity index is 1.94. The highest BCUT2D eigenvalue weighted by Gasteiger charge is 2.22. The van der Waals surface area contributed by atoms with Gasteiger partial charge in [-0.15, -0.1) is 0 Å². The molecule has 0 bridgehead atoms. The molecule has 0 spiro atoms. The van der Waals surface area contributed by atoms with Gasteiger partial charge in [0.25, 0.3) is 0 Å². The predicted octanol–water partition coefficient (Wildman–Crippen LogP) is 1.09. The number of nitrogens with zero attached hydrogens (tertiary/aromatic N) is 5. The van der Waals surface area contributed by atoms with Crippen LogP contribution in [-0.2, 0) is 4.74 Å². The van der Waals surface area contributed by atoms with Gasteiger partial charge in [-0.2, -0.15) is 0 Å². The van der Waals surface area contributed by atoms with E-state index in [1.54, 1.807) is 12.4 Å². The Bertz CT molecular complexity index is 443. The average molecular weight is 293 g/mol. The van der Waals surface area contributed by atoms with Gasteiger partial charge in [-0.3, -0.25) is 4.90 Å². The maximum absolute atomic E-state index is 5.77. The van der Waals surface area contributed by atoms with Crippen molar-refractivity contribution in [2.75, 3.05) is 57.1 Å². The Labute approximate surface area is 127 Å². The summed E-state index contributed by atoms with van der Waals surface area (Å²) in [5.74, 6) is 1.83. The third-order valence-electron chi connectivity index (χ3n) is 3.69. The van der Waals surface area contributed by atoms with E-state index in [0.717, 1.165) is 37.8 Å². The molecule has 0 saturated carbocycles. The third kappa shape index (κ3) is 4.28. The lowest BCUT2D eigenvalue weighted by Gasteiger charge is -2.36. The summed E-state index contributed by atoms with van der Waals surface area (Å²) in [6.07, 6.45) is 4.11. The van der Waals surface area contributed by atoms with Gasteiger partial charge in [0.15, 0.2) is 11.6 Å². The van der Waals surface area contributed by atoms with Crippen molar-refractivity contribution in [3.05, 3.63) is 12.4 Å². The molecule has 0 amide bonds. The first kappa shape index (κ1) is 16.0. The summed E-state index contributed by atoms with van der Waals surface area (Å²) >= 11 is 0. The summed E-state index contributed by atoms with van der Waals surface area (Å²) in [6, 6.07) is 0. The summed E-state index contributed by atoms with van der Waals surface area (Å²) in [5.41, 5.74) is 0. The van der Waals surface area contributed by atoms with Gasteiger partial charge in [-0.1, -0.05) is 0 Å². The van der Waals surface area contributed by atoms with Crippen LogP contribution >= 0.6 is 0 Å². The fourth-order valence-electron chi connectivity index (χ4n) is 2.77. The molecule has 6 heteroatoms. The lowest BCUT2D eigenvalue weighted by atomic mass is 10.2. The number of aromatic nitrogens is 2. The van der Waals surface area contributed by atoms with Crippen molar-refractivity contribution < 1.29 is 4.74 Å². The number of hydrogen-bond donors (Lipinski definition) is 0. The molecule has 0 aromatic carbocycles. The Kier molecular flexibility index (Phi) is 5.36. The van der Waals surface area contributed by atoms with E-state index in [-0.39, 0.29) is 0 Å². The molecule has 0 radical (unpaired) electrons. The first-order valence-corrected chi connectivity index (χ1v) is 7.54. The largest absolute Gasteiger partial charge is 0.373 e. The van der Waals surface area contributed by atoms with Crippen LogP contribution in [-0.4, -0.2) is 74.4 Å². The number of morpholine rings is 1. The molecule has 0 aliphatic carbocycles. The zero-order valence-corrected chi connectivity index (χ0v) is 13.8. The molecule has 1 aliphatic heterocycles. The molecule has 21 heavy (non-hydrogen) atoms. The monoisotopic (exact) mass is 293 g/mol. The number of ether oxygens (including phenoxy) is 1. The van der Waals surface area contributed by atoms with E-state index in [2.05, 4.69) is 40.7 Å². The van der Waals surface area contributed by atoms with Gasteiger partial charge in [-0.05, 0) is 13.8 Å². The lowest BCUT2D eigenvalue weighted by Crippen LogP contribution is -2.47. The van der Waals surface area contributed by atoms with Gasteiger partial charge in [0, 0.05) is 59.7 Å². The van der Waals surface area contributed by atoms with Gasteiger partial charge in [0.1, 0.15) is 0 Å². The molecular formula is C15H27N5O. The number of likely N-dealkylation sites (N-methyl/N-ethyl adjacent to an activating group) is 1. The van der Waals surface area contributed by atoms with Gasteiger partial charge in [-0.25, -0.2) is 9.97 Å². The topological polar surface area (TPSA) is 44.7 Å². The van der Waals surface area contributed by atoms with Crippen LogP contribution in [0, 0.1) is 0 Å². The maximum atomic E-state index is 5.77. The average Bonchev–Trinajstić information content (AvgIpc) is 2.43. The molecular weight excluding hydrogens is 266 g/mol. The smallest absolute Gasteiger partial charge is 0.171 e. The Morgan fingerprint density at radius 1 is 1.10 bits per heavy atom. The second kappa shape index (κ2) is 7.04. The van der Waals surface area contributed by atoms with Crippen LogP contribution in [0.25, 0.3) is 0 Å². The highest BCUT2D eigenvalue weighted by molar-refractivity contribution is 5.60. The zero-order valence-electron chi connectivity index (χ0n) is 13.8. The van der Waals surface area contributed by atoms with Crippen molar-refractivity contribution in [2.45, 2.75) is 26.1 Å². The van der Waals surface area contributed by atoms with Crippen LogP contribution in [0.15, 0.2) is 12.4 Å². The third-order valence-corrected chi connectivity index (χ3v) is 3.69. The molecule has 2 heterocycles. The SMILES string of the molecule is C[C@@H]1CN(CCN(C)c2nccnc2N(C)C)C[C@H](C)O1. The highest BCUT2D eigenvalue weighted by atomic mass is 16.5. The number of anilines is 2. The number of hydrogen-bond acceptors (Lipinski definition) is 6. The Morgan fingerprint density at radius 2 is 1.67 bits per heavy atom. The maximum Gasteiger partial charge on any atom is 0.171 e. The molecule has 1 aromatic heterocycles. The predicted molar refractivity (Wildman–Crippen MR) is 86.1 cm³/mol. The molecule has 1 aromatic rings. The normalized spacial score (nSPS) is 23.1. The second-order valence-corrected chi connectivity index (χ2v) is 6.04. The van der Waals surface area contributed by atoms with Crippen LogP contribution in [0.5, 0.6) is 0 Å². The van der Waals surface area contributed by atoms with Crippen molar-refractivity contribution in [3.8, 4) is 0 Å². The molecule has 2 atom stereocenters. The fraction of sp³-hybridized carbons (Fsp3) is 0.733. The first-order valence-electron chi connectivity index (χ1n) is 7.54. The van der Waals surface area contributed by atoms with Crippen molar-refractivity contribution in [1.29, 1.82) is 0 Å². The Morgan fingerprint density at radius 3 is 2.24 bits per heavy atom. The fourth-order valence-corrected chi connectivity index (χ4v) is 2.77. The van der Waals surface area contributed by atoms with Crippen molar-refractivity contribution in [3.63, 3.8) is 0 Å². The molecule has 1 saturated heterocycles. The van der Waals surface area contributed by atoms with E-state index in [9.17, 15) is 0 Å². The molecule has 0 unspecified atom stereocenters. The zero-order chi connectivity index (χ0) is 15.4. The molecule has 1 aliphatic rings. The minimum Gasteiger partial charge on any atom is -0.373 e. The quantitative estimate of drug-likeness (QED) is 0.810. The van der Waals surface area contributed by atoms with Crippen LogP contribution in [0.4, 0.5) is 11.6 Å². The van der Waals surface area contributed by atoms with E-state index in [4.69, 9.17) is 4.74 Å². The minimum absolute atomic E-state index is 0.313. The van der Waals surface area contributed by atoms with E-state index in [1.165, 1.54) is 0 Å². The van der Waals surface area contributed by atoms with E-state index in [1.807, 2.05) is 19.0 Å². The summed E-state index contributed by atoms with van der Waals surface area (Å²) in [6.45, 7) is 8.22. The molecule has 2 rings (SSSR count). The highest BCUT2D eigenvalue weighted by Crippen LogP contribution is 2.21. The Hall–Kier alpha value is -1.40. The molecule has 0 N–H and O–H groups in total. The standard InChI is InChI=1S/C15H27N5O/c1-12-10-20(11-13(2)21-12)9-8-19(5)15-14(18(3)4)16-6-7-17-15/h6-7,12-13H,8-11H2,1-5H3/t12-,13+. The van der Waals surface area contributed by atoms with Crippen molar-refractivity contribution in [1.82, 2.24) is 14.9 Å². The minimum atomic E-state index is 0.313. The van der Waals surface area contributed by atoms with Crippen LogP contribution < -0.4 is 9.80 Å². The first-order chi connectivity index (χ1) is 9.97. The molecule has 118 valence electrons. The summed E-state index contributed by atoms with van der Waals surface area (Å²) < 4.78 is 5.77.